The molecule has 5 nitrogen and oxygen atoms in total. The van der Waals surface area contributed by atoms with Gasteiger partial charge in [0.25, 0.3) is 5.91 Å². The van der Waals surface area contributed by atoms with Gasteiger partial charge in [0.2, 0.25) is 0 Å². The summed E-state index contributed by atoms with van der Waals surface area (Å²) in [6.07, 6.45) is 3.58. The second-order valence-corrected chi connectivity index (χ2v) is 6.17. The summed E-state index contributed by atoms with van der Waals surface area (Å²) in [5, 5.41) is 6.45. The molecule has 1 aromatic rings. The van der Waals surface area contributed by atoms with Crippen molar-refractivity contribution in [2.24, 2.45) is 5.92 Å². The van der Waals surface area contributed by atoms with E-state index >= 15 is 0 Å². The number of nitrogens with one attached hydrogen (secondary N) is 2. The van der Waals surface area contributed by atoms with Crippen LogP contribution in [0.2, 0.25) is 0 Å². The van der Waals surface area contributed by atoms with Crippen LogP contribution in [0.1, 0.15) is 36.7 Å². The average Bonchev–Trinajstić information content (AvgIpc) is 3.33. The van der Waals surface area contributed by atoms with Gasteiger partial charge in [-0.25, -0.2) is 4.98 Å². The molecule has 1 aromatic heterocycles. The van der Waals surface area contributed by atoms with E-state index in [1.54, 1.807) is 6.07 Å². The van der Waals surface area contributed by atoms with E-state index in [0.717, 1.165) is 38.4 Å². The van der Waals surface area contributed by atoms with Gasteiger partial charge in [0.05, 0.1) is 0 Å². The highest BCUT2D eigenvalue weighted by Crippen LogP contribution is 2.27. The summed E-state index contributed by atoms with van der Waals surface area (Å²) in [6, 6.07) is 6.26. The van der Waals surface area contributed by atoms with Crippen molar-refractivity contribution in [3.8, 4) is 0 Å². The second kappa shape index (κ2) is 6.43. The molecule has 114 valence electrons. The third kappa shape index (κ3) is 3.94. The minimum absolute atomic E-state index is 0.0509. The summed E-state index contributed by atoms with van der Waals surface area (Å²) in [6.45, 7) is 5.87. The summed E-state index contributed by atoms with van der Waals surface area (Å²) >= 11 is 0. The monoisotopic (exact) mass is 288 g/mol. The number of anilines is 1. The van der Waals surface area contributed by atoms with Crippen molar-refractivity contribution in [2.45, 2.75) is 32.2 Å². The Labute approximate surface area is 126 Å². The Morgan fingerprint density at radius 1 is 1.38 bits per heavy atom. The van der Waals surface area contributed by atoms with E-state index in [1.807, 2.05) is 12.1 Å². The van der Waals surface area contributed by atoms with Gasteiger partial charge in [-0.2, -0.15) is 0 Å². The van der Waals surface area contributed by atoms with Gasteiger partial charge in [-0.15, -0.1) is 0 Å². The Morgan fingerprint density at radius 3 is 3.05 bits per heavy atom. The molecule has 0 spiro atoms. The summed E-state index contributed by atoms with van der Waals surface area (Å²) in [4.78, 5) is 18.9. The number of rotatable bonds is 4. The minimum atomic E-state index is -0.0509. The summed E-state index contributed by atoms with van der Waals surface area (Å²) in [5.41, 5.74) is 0.526. The Hall–Kier alpha value is -1.62. The van der Waals surface area contributed by atoms with Gasteiger partial charge in [-0.3, -0.25) is 4.79 Å². The van der Waals surface area contributed by atoms with Crippen LogP contribution in [0.25, 0.3) is 0 Å². The first kappa shape index (κ1) is 14.3. The van der Waals surface area contributed by atoms with Crippen LogP contribution in [0.15, 0.2) is 18.2 Å². The maximum Gasteiger partial charge on any atom is 0.269 e. The lowest BCUT2D eigenvalue weighted by atomic mass is 10.2. The Morgan fingerprint density at radius 2 is 2.24 bits per heavy atom. The molecular formula is C16H24N4O. The first-order chi connectivity index (χ1) is 10.2. The van der Waals surface area contributed by atoms with Gasteiger partial charge in [0.15, 0.2) is 0 Å². The highest BCUT2D eigenvalue weighted by Gasteiger charge is 2.22. The molecule has 0 bridgehead atoms. The number of carbonyl (C=O) groups is 1. The maximum atomic E-state index is 12.1. The van der Waals surface area contributed by atoms with Crippen molar-refractivity contribution in [3.63, 3.8) is 0 Å². The predicted octanol–water partition coefficient (Wildman–Crippen LogP) is 1.41. The number of amides is 1. The quantitative estimate of drug-likeness (QED) is 0.879. The van der Waals surface area contributed by atoms with Crippen LogP contribution in [0.4, 0.5) is 5.82 Å². The van der Waals surface area contributed by atoms with Crippen LogP contribution in [-0.4, -0.2) is 43.1 Å². The summed E-state index contributed by atoms with van der Waals surface area (Å²) < 4.78 is 0. The van der Waals surface area contributed by atoms with Crippen molar-refractivity contribution in [1.82, 2.24) is 15.6 Å². The molecule has 3 rings (SSSR count). The molecule has 0 radical (unpaired) electrons. The number of nitrogens with zero attached hydrogens (tertiary/aromatic N) is 2. The molecule has 1 saturated heterocycles. The van der Waals surface area contributed by atoms with E-state index in [9.17, 15) is 4.79 Å². The molecule has 2 aliphatic rings. The van der Waals surface area contributed by atoms with Crippen molar-refractivity contribution in [1.29, 1.82) is 0 Å². The zero-order valence-electron chi connectivity index (χ0n) is 12.6. The zero-order valence-corrected chi connectivity index (χ0v) is 12.6. The predicted molar refractivity (Wildman–Crippen MR) is 83.6 cm³/mol. The van der Waals surface area contributed by atoms with Crippen LogP contribution in [0, 0.1) is 5.92 Å². The van der Waals surface area contributed by atoms with E-state index in [1.165, 1.54) is 12.8 Å². The standard InChI is InChI=1S/C16H24N4O/c1-12-7-9-20(10-8-17-12)15-4-2-3-14(19-15)16(21)18-11-13-5-6-13/h2-4,12-13,17H,5-11H2,1H3,(H,18,21). The average molecular weight is 288 g/mol. The number of aromatic nitrogens is 1. The maximum absolute atomic E-state index is 12.1. The highest BCUT2D eigenvalue weighted by molar-refractivity contribution is 5.92. The van der Waals surface area contributed by atoms with Crippen LogP contribution in [0.5, 0.6) is 0 Å². The van der Waals surface area contributed by atoms with Crippen molar-refractivity contribution in [2.75, 3.05) is 31.1 Å². The molecule has 2 fully saturated rings. The first-order valence-electron chi connectivity index (χ1n) is 7.96. The molecule has 5 heteroatoms. The van der Waals surface area contributed by atoms with Gasteiger partial charge >= 0.3 is 0 Å². The molecule has 1 saturated carbocycles. The highest BCUT2D eigenvalue weighted by atomic mass is 16.1. The molecule has 2 heterocycles. The number of pyridine rings is 1. The smallest absolute Gasteiger partial charge is 0.269 e. The van der Waals surface area contributed by atoms with Gasteiger partial charge in [0.1, 0.15) is 11.5 Å². The first-order valence-corrected chi connectivity index (χ1v) is 7.96. The van der Waals surface area contributed by atoms with Crippen LogP contribution >= 0.6 is 0 Å². The summed E-state index contributed by atoms with van der Waals surface area (Å²) in [5.74, 6) is 1.55. The summed E-state index contributed by atoms with van der Waals surface area (Å²) in [7, 11) is 0. The lowest BCUT2D eigenvalue weighted by Gasteiger charge is -2.21. The molecule has 21 heavy (non-hydrogen) atoms. The van der Waals surface area contributed by atoms with E-state index in [0.29, 0.717) is 17.7 Å². The van der Waals surface area contributed by atoms with Crippen LogP contribution < -0.4 is 15.5 Å². The van der Waals surface area contributed by atoms with E-state index in [2.05, 4.69) is 27.4 Å². The van der Waals surface area contributed by atoms with Gasteiger partial charge < -0.3 is 15.5 Å². The molecule has 1 atom stereocenters. The molecule has 1 aliphatic heterocycles. The second-order valence-electron chi connectivity index (χ2n) is 6.17. The van der Waals surface area contributed by atoms with E-state index in [4.69, 9.17) is 0 Å². The van der Waals surface area contributed by atoms with E-state index in [-0.39, 0.29) is 5.91 Å². The normalized spacial score (nSPS) is 22.7. The molecule has 1 unspecified atom stereocenters. The van der Waals surface area contributed by atoms with E-state index < -0.39 is 0 Å². The molecular weight excluding hydrogens is 264 g/mol. The largest absolute Gasteiger partial charge is 0.355 e. The topological polar surface area (TPSA) is 57.3 Å². The zero-order chi connectivity index (χ0) is 14.7. The molecule has 2 N–H and O–H groups in total. The lowest BCUT2D eigenvalue weighted by molar-refractivity contribution is 0.0947. The third-order valence-corrected chi connectivity index (χ3v) is 4.25. The fraction of sp³-hybridized carbons (Fsp3) is 0.625. The fourth-order valence-electron chi connectivity index (χ4n) is 2.61. The van der Waals surface area contributed by atoms with Crippen molar-refractivity contribution >= 4 is 11.7 Å². The number of carbonyl (C=O) groups excluding carboxylic acids is 1. The van der Waals surface area contributed by atoms with Gasteiger partial charge in [-0.05, 0) is 44.2 Å². The lowest BCUT2D eigenvalue weighted by Crippen LogP contribution is -2.30. The van der Waals surface area contributed by atoms with Crippen molar-refractivity contribution < 1.29 is 4.79 Å². The third-order valence-electron chi connectivity index (χ3n) is 4.25. The van der Waals surface area contributed by atoms with Crippen LogP contribution in [0.3, 0.4) is 0 Å². The minimum Gasteiger partial charge on any atom is -0.355 e. The molecule has 1 amide bonds. The number of hydrogen-bond acceptors (Lipinski definition) is 4. The Bertz CT molecular complexity index is 501. The SMILES string of the molecule is CC1CCN(c2cccc(C(=O)NCC3CC3)n2)CCN1. The molecule has 1 aliphatic carbocycles. The van der Waals surface area contributed by atoms with Crippen molar-refractivity contribution in [3.05, 3.63) is 23.9 Å². The fourth-order valence-corrected chi connectivity index (χ4v) is 2.61. The Kier molecular flexibility index (Phi) is 4.39. The Balaban J connectivity index is 1.65. The van der Waals surface area contributed by atoms with Crippen LogP contribution in [-0.2, 0) is 0 Å². The van der Waals surface area contributed by atoms with Gasteiger partial charge in [0, 0.05) is 32.2 Å². The number of hydrogen-bond donors (Lipinski definition) is 2. The van der Waals surface area contributed by atoms with Gasteiger partial charge in [-0.1, -0.05) is 6.07 Å². The molecule has 0 aromatic carbocycles.